The minimum absolute atomic E-state index is 0.161. The molecule has 2 amide bonds. The number of para-hydroxylation sites is 1. The minimum Gasteiger partial charge on any atom is -0.321 e. The van der Waals surface area contributed by atoms with Gasteiger partial charge in [-0.1, -0.05) is 24.3 Å². The second-order valence-electron chi connectivity index (χ2n) is 4.75. The standard InChI is InChI=1S/C16H12BrN3O2S/c17-12(13(21)18-11-7-3-1-4-8-11)15-19-14(22)16(23-15)20-9-5-2-6-10-20/h1-10,16H,(H-,18,19,21,22)/p+1. The van der Waals surface area contributed by atoms with Crippen LogP contribution in [0.15, 0.2) is 70.4 Å². The predicted octanol–water partition coefficient (Wildman–Crippen LogP) is 2.54. The average molecular weight is 391 g/mol. The number of rotatable bonds is 3. The molecule has 23 heavy (non-hydrogen) atoms. The third-order valence-electron chi connectivity index (χ3n) is 3.13. The van der Waals surface area contributed by atoms with E-state index in [0.717, 1.165) is 0 Å². The van der Waals surface area contributed by atoms with Crippen LogP contribution in [0.4, 0.5) is 5.69 Å². The molecule has 1 fully saturated rings. The Bertz CT molecular complexity index is 765. The first-order valence-electron chi connectivity index (χ1n) is 6.84. The van der Waals surface area contributed by atoms with Crippen molar-refractivity contribution in [1.29, 1.82) is 0 Å². The van der Waals surface area contributed by atoms with Gasteiger partial charge in [-0.2, -0.15) is 4.57 Å². The van der Waals surface area contributed by atoms with Crippen molar-refractivity contribution >= 4 is 45.2 Å². The van der Waals surface area contributed by atoms with Crippen LogP contribution in [0.2, 0.25) is 0 Å². The fourth-order valence-corrected chi connectivity index (χ4v) is 3.54. The quantitative estimate of drug-likeness (QED) is 0.625. The van der Waals surface area contributed by atoms with Crippen LogP contribution in [0.3, 0.4) is 0 Å². The van der Waals surface area contributed by atoms with Crippen LogP contribution in [-0.4, -0.2) is 11.8 Å². The molecule has 2 aromatic rings. The summed E-state index contributed by atoms with van der Waals surface area (Å²) in [7, 11) is 0. The molecule has 1 aliphatic heterocycles. The highest BCUT2D eigenvalue weighted by Crippen LogP contribution is 2.35. The largest absolute Gasteiger partial charge is 0.321 e. The van der Waals surface area contributed by atoms with E-state index in [-0.39, 0.29) is 11.8 Å². The molecule has 3 rings (SSSR count). The van der Waals surface area contributed by atoms with Crippen molar-refractivity contribution in [1.82, 2.24) is 5.32 Å². The molecule has 2 N–H and O–H groups in total. The number of carbonyl (C=O) groups excluding carboxylic acids is 2. The van der Waals surface area contributed by atoms with Gasteiger partial charge in [-0.25, -0.2) is 0 Å². The molecule has 1 aromatic carbocycles. The van der Waals surface area contributed by atoms with Gasteiger partial charge in [0.2, 0.25) is 0 Å². The fourth-order valence-electron chi connectivity index (χ4n) is 2.05. The van der Waals surface area contributed by atoms with Crippen molar-refractivity contribution < 1.29 is 14.2 Å². The highest BCUT2D eigenvalue weighted by atomic mass is 79.9. The van der Waals surface area contributed by atoms with Crippen LogP contribution in [0, 0.1) is 0 Å². The van der Waals surface area contributed by atoms with Gasteiger partial charge >= 0.3 is 5.91 Å². The van der Waals surface area contributed by atoms with Crippen LogP contribution in [0.5, 0.6) is 0 Å². The first kappa shape index (κ1) is 15.8. The smallest absolute Gasteiger partial charge is 0.305 e. The molecule has 1 atom stereocenters. The van der Waals surface area contributed by atoms with Crippen molar-refractivity contribution in [3.8, 4) is 0 Å². The van der Waals surface area contributed by atoms with Crippen molar-refractivity contribution in [2.75, 3.05) is 5.32 Å². The van der Waals surface area contributed by atoms with E-state index in [4.69, 9.17) is 0 Å². The zero-order valence-electron chi connectivity index (χ0n) is 11.9. The number of carbonyl (C=O) groups is 2. The molecule has 1 saturated heterocycles. The average Bonchev–Trinajstić information content (AvgIpc) is 2.97. The Labute approximate surface area is 145 Å². The molecule has 7 heteroatoms. The Balaban J connectivity index is 1.77. The molecular formula is C16H13BrN3O2S+. The van der Waals surface area contributed by atoms with Gasteiger partial charge in [-0.05, 0) is 39.8 Å². The monoisotopic (exact) mass is 390 g/mol. The van der Waals surface area contributed by atoms with E-state index >= 15 is 0 Å². The lowest BCUT2D eigenvalue weighted by Crippen LogP contribution is -2.41. The zero-order chi connectivity index (χ0) is 16.2. The number of nitrogens with one attached hydrogen (secondary N) is 2. The number of hydrogen-bond acceptors (Lipinski definition) is 3. The molecule has 1 unspecified atom stereocenters. The maximum absolute atomic E-state index is 12.3. The molecule has 0 aliphatic carbocycles. The third-order valence-corrected chi connectivity index (χ3v) is 5.37. The SMILES string of the molecule is O=C(Nc1ccccc1)C(Br)=C1NC(=O)C([n+]2ccccc2)S1. The van der Waals surface area contributed by atoms with Crippen LogP contribution < -0.4 is 15.2 Å². The van der Waals surface area contributed by atoms with Gasteiger partial charge in [-0.3, -0.25) is 9.59 Å². The summed E-state index contributed by atoms with van der Waals surface area (Å²) in [6, 6.07) is 14.7. The highest BCUT2D eigenvalue weighted by molar-refractivity contribution is 9.12. The van der Waals surface area contributed by atoms with Crippen molar-refractivity contribution in [3.63, 3.8) is 0 Å². The second-order valence-corrected chi connectivity index (χ2v) is 6.63. The van der Waals surface area contributed by atoms with Crippen molar-refractivity contribution in [2.24, 2.45) is 0 Å². The number of halogens is 1. The highest BCUT2D eigenvalue weighted by Gasteiger charge is 2.38. The van der Waals surface area contributed by atoms with Crippen molar-refractivity contribution in [3.05, 3.63) is 70.4 Å². The van der Waals surface area contributed by atoms with Crippen molar-refractivity contribution in [2.45, 2.75) is 5.37 Å². The van der Waals surface area contributed by atoms with E-state index < -0.39 is 5.37 Å². The van der Waals surface area contributed by atoms with Gasteiger partial charge in [0.1, 0.15) is 9.51 Å². The molecule has 5 nitrogen and oxygen atoms in total. The number of benzene rings is 1. The Hall–Kier alpha value is -2.12. The number of pyridine rings is 1. The number of hydrogen-bond donors (Lipinski definition) is 2. The summed E-state index contributed by atoms with van der Waals surface area (Å²) in [6.07, 6.45) is 3.64. The molecular weight excluding hydrogens is 378 g/mol. The molecule has 0 spiro atoms. The van der Waals surface area contributed by atoms with Gasteiger partial charge in [-0.15, -0.1) is 0 Å². The van der Waals surface area contributed by atoms with Crippen LogP contribution in [-0.2, 0) is 9.59 Å². The Kier molecular flexibility index (Phi) is 4.78. The Morgan fingerprint density at radius 1 is 1.13 bits per heavy atom. The summed E-state index contributed by atoms with van der Waals surface area (Å²) in [5, 5.41) is 5.59. The molecule has 1 aliphatic rings. The second kappa shape index (κ2) is 6.97. The molecule has 0 radical (unpaired) electrons. The van der Waals surface area contributed by atoms with E-state index in [1.165, 1.54) is 11.8 Å². The lowest BCUT2D eigenvalue weighted by Gasteiger charge is -2.05. The van der Waals surface area contributed by atoms with E-state index in [1.807, 2.05) is 48.8 Å². The summed E-state index contributed by atoms with van der Waals surface area (Å²) < 4.78 is 2.10. The summed E-state index contributed by atoms with van der Waals surface area (Å²) in [5.41, 5.74) is 0.693. The van der Waals surface area contributed by atoms with Gasteiger partial charge in [0.05, 0.1) is 0 Å². The summed E-state index contributed by atoms with van der Waals surface area (Å²) in [6.45, 7) is 0. The zero-order valence-corrected chi connectivity index (χ0v) is 14.3. The first-order chi connectivity index (χ1) is 11.1. The molecule has 0 saturated carbocycles. The van der Waals surface area contributed by atoms with Gasteiger partial charge in [0, 0.05) is 17.8 Å². The van der Waals surface area contributed by atoms with Crippen LogP contribution in [0.1, 0.15) is 5.37 Å². The predicted molar refractivity (Wildman–Crippen MR) is 92.4 cm³/mol. The topological polar surface area (TPSA) is 62.1 Å². The fraction of sp³-hybridized carbons (Fsp3) is 0.0625. The maximum Gasteiger partial charge on any atom is 0.305 e. The van der Waals surface area contributed by atoms with Crippen LogP contribution in [0.25, 0.3) is 0 Å². The van der Waals surface area contributed by atoms with Crippen LogP contribution >= 0.6 is 27.7 Å². The summed E-state index contributed by atoms with van der Waals surface area (Å²) >= 11 is 4.57. The molecule has 0 bridgehead atoms. The van der Waals surface area contributed by atoms with Gasteiger partial charge in [0.25, 0.3) is 11.3 Å². The third kappa shape index (κ3) is 3.62. The number of amides is 2. The van der Waals surface area contributed by atoms with E-state index in [1.54, 1.807) is 16.7 Å². The van der Waals surface area contributed by atoms with Gasteiger partial charge < -0.3 is 10.6 Å². The summed E-state index contributed by atoms with van der Waals surface area (Å²) in [5.74, 6) is -0.469. The molecule has 1 aromatic heterocycles. The normalized spacial score (nSPS) is 19.2. The molecule has 116 valence electrons. The van der Waals surface area contributed by atoms with Gasteiger partial charge in [0.15, 0.2) is 12.4 Å². The summed E-state index contributed by atoms with van der Waals surface area (Å²) in [4.78, 5) is 24.4. The minimum atomic E-state index is -0.428. The van der Waals surface area contributed by atoms with E-state index in [9.17, 15) is 9.59 Å². The molecule has 2 heterocycles. The lowest BCUT2D eigenvalue weighted by molar-refractivity contribution is -0.686. The number of nitrogens with zero attached hydrogens (tertiary/aromatic N) is 1. The Morgan fingerprint density at radius 3 is 2.48 bits per heavy atom. The number of aromatic nitrogens is 1. The number of thioether (sulfide) groups is 1. The first-order valence-corrected chi connectivity index (χ1v) is 8.52. The lowest BCUT2D eigenvalue weighted by atomic mass is 10.3. The Morgan fingerprint density at radius 2 is 1.78 bits per heavy atom. The van der Waals surface area contributed by atoms with E-state index in [2.05, 4.69) is 26.6 Å². The number of anilines is 1. The maximum atomic E-state index is 12.3. The van der Waals surface area contributed by atoms with E-state index in [0.29, 0.717) is 15.2 Å².